The molecule has 0 saturated heterocycles. The van der Waals surface area contributed by atoms with Crippen molar-refractivity contribution < 1.29 is 9.90 Å². The topological polar surface area (TPSA) is 88.2 Å². The number of fused-ring (bicyclic) bond motifs is 1. The number of nitrogens with two attached hydrogens (primary N) is 1. The lowest BCUT2D eigenvalue weighted by Crippen LogP contribution is -2.10. The van der Waals surface area contributed by atoms with Gasteiger partial charge in [0.25, 0.3) is 0 Å². The van der Waals surface area contributed by atoms with Crippen LogP contribution in [-0.4, -0.2) is 16.2 Å². The number of nitrogens with zero attached hydrogens (tertiary/aromatic N) is 1. The fourth-order valence-corrected chi connectivity index (χ4v) is 1.33. The summed E-state index contributed by atoms with van der Waals surface area (Å²) in [6.45, 7) is 0. The Bertz CT molecular complexity index is 525. The van der Waals surface area contributed by atoms with Gasteiger partial charge in [0, 0.05) is 5.39 Å². The number of anilines is 2. The molecule has 4 N–H and O–H groups in total. The van der Waals surface area contributed by atoms with Crippen molar-refractivity contribution in [2.45, 2.75) is 0 Å². The zero-order valence-corrected chi connectivity index (χ0v) is 7.77. The van der Waals surface area contributed by atoms with E-state index in [0.717, 1.165) is 5.39 Å². The minimum Gasteiger partial charge on any atom is -0.465 e. The largest absolute Gasteiger partial charge is 0.465 e. The Hall–Kier alpha value is -2.30. The molecule has 5 heteroatoms. The number of hydrogen-bond acceptors (Lipinski definition) is 3. The highest BCUT2D eigenvalue weighted by atomic mass is 16.4. The highest BCUT2D eigenvalue weighted by molar-refractivity contribution is 5.91. The fraction of sp³-hybridized carbons (Fsp3) is 0. The van der Waals surface area contributed by atoms with E-state index in [1.807, 2.05) is 18.2 Å². The summed E-state index contributed by atoms with van der Waals surface area (Å²) >= 11 is 0. The maximum absolute atomic E-state index is 10.5. The number of pyridine rings is 1. The molecule has 76 valence electrons. The Kier molecular flexibility index (Phi) is 2.13. The molecule has 0 aliphatic carbocycles. The average Bonchev–Trinajstić information content (AvgIpc) is 2.18. The van der Waals surface area contributed by atoms with Gasteiger partial charge in [-0.3, -0.25) is 5.32 Å². The molecular weight excluding hydrogens is 194 g/mol. The lowest BCUT2D eigenvalue weighted by molar-refractivity contribution is 0.209. The maximum atomic E-state index is 10.5. The third-order valence-corrected chi connectivity index (χ3v) is 1.98. The molecule has 0 aliphatic rings. The second-order valence-corrected chi connectivity index (χ2v) is 3.05. The predicted octanol–water partition coefficient (Wildman–Crippen LogP) is 1.91. The number of carbonyl (C=O) groups is 1. The van der Waals surface area contributed by atoms with Crippen LogP contribution >= 0.6 is 0 Å². The third kappa shape index (κ3) is 1.80. The van der Waals surface area contributed by atoms with Crippen LogP contribution in [0.4, 0.5) is 16.3 Å². The van der Waals surface area contributed by atoms with Crippen LogP contribution in [0, 0.1) is 0 Å². The highest BCUT2D eigenvalue weighted by Gasteiger charge is 2.05. The highest BCUT2D eigenvalue weighted by Crippen LogP contribution is 2.21. The van der Waals surface area contributed by atoms with Crippen molar-refractivity contribution in [2.24, 2.45) is 0 Å². The summed E-state index contributed by atoms with van der Waals surface area (Å²) in [4.78, 5) is 14.5. The molecular formula is C10H9N3O2. The first-order valence-electron chi connectivity index (χ1n) is 4.32. The van der Waals surface area contributed by atoms with Gasteiger partial charge < -0.3 is 10.8 Å². The van der Waals surface area contributed by atoms with Crippen molar-refractivity contribution in [1.29, 1.82) is 0 Å². The number of para-hydroxylation sites is 1. The Morgan fingerprint density at radius 1 is 1.40 bits per heavy atom. The Morgan fingerprint density at radius 3 is 2.87 bits per heavy atom. The van der Waals surface area contributed by atoms with E-state index in [4.69, 9.17) is 10.8 Å². The Balaban J connectivity index is 2.56. The molecule has 1 amide bonds. The predicted molar refractivity (Wildman–Crippen MR) is 57.8 cm³/mol. The summed E-state index contributed by atoms with van der Waals surface area (Å²) in [6, 6.07) is 9.04. The van der Waals surface area contributed by atoms with Gasteiger partial charge in [0.15, 0.2) is 5.82 Å². The first kappa shape index (κ1) is 9.26. The molecule has 0 spiro atoms. The molecule has 1 aromatic carbocycles. The van der Waals surface area contributed by atoms with Crippen LogP contribution in [0.3, 0.4) is 0 Å². The van der Waals surface area contributed by atoms with Gasteiger partial charge in [0.05, 0.1) is 11.2 Å². The number of benzene rings is 1. The summed E-state index contributed by atoms with van der Waals surface area (Å²) in [5, 5.41) is 11.6. The van der Waals surface area contributed by atoms with Gasteiger partial charge in [-0.25, -0.2) is 9.78 Å². The van der Waals surface area contributed by atoms with Gasteiger partial charge in [-0.15, -0.1) is 0 Å². The zero-order valence-electron chi connectivity index (χ0n) is 7.77. The van der Waals surface area contributed by atoms with Gasteiger partial charge in [0.2, 0.25) is 0 Å². The number of carboxylic acid groups (broad SMARTS) is 1. The quantitative estimate of drug-likeness (QED) is 0.660. The molecule has 15 heavy (non-hydrogen) atoms. The van der Waals surface area contributed by atoms with Crippen LogP contribution in [-0.2, 0) is 0 Å². The van der Waals surface area contributed by atoms with E-state index in [9.17, 15) is 4.79 Å². The number of nitrogens with one attached hydrogen (secondary N) is 1. The Labute approximate surface area is 85.5 Å². The van der Waals surface area contributed by atoms with Gasteiger partial charge in [-0.2, -0.15) is 0 Å². The summed E-state index contributed by atoms with van der Waals surface area (Å²) < 4.78 is 0. The second-order valence-electron chi connectivity index (χ2n) is 3.05. The number of hydrogen-bond donors (Lipinski definition) is 3. The SMILES string of the molecule is Nc1cc2ccccc2nc1NC(=O)O. The molecule has 5 nitrogen and oxygen atoms in total. The molecule has 0 atom stereocenters. The Morgan fingerprint density at radius 2 is 2.13 bits per heavy atom. The fourth-order valence-electron chi connectivity index (χ4n) is 1.33. The van der Waals surface area contributed by atoms with E-state index < -0.39 is 6.09 Å². The minimum atomic E-state index is -1.18. The molecule has 0 unspecified atom stereocenters. The van der Waals surface area contributed by atoms with E-state index in [2.05, 4.69) is 10.3 Å². The lowest BCUT2D eigenvalue weighted by atomic mass is 10.2. The van der Waals surface area contributed by atoms with E-state index in [1.54, 1.807) is 12.1 Å². The van der Waals surface area contributed by atoms with E-state index in [-0.39, 0.29) is 5.82 Å². The van der Waals surface area contributed by atoms with Gasteiger partial charge in [0.1, 0.15) is 0 Å². The van der Waals surface area contributed by atoms with Crippen LogP contribution in [0.1, 0.15) is 0 Å². The first-order valence-corrected chi connectivity index (χ1v) is 4.32. The molecule has 0 bridgehead atoms. The van der Waals surface area contributed by atoms with Crippen LogP contribution in [0.2, 0.25) is 0 Å². The van der Waals surface area contributed by atoms with Crippen LogP contribution in [0.25, 0.3) is 10.9 Å². The van der Waals surface area contributed by atoms with Crippen molar-refractivity contribution in [1.82, 2.24) is 4.98 Å². The van der Waals surface area contributed by atoms with Crippen molar-refractivity contribution in [3.63, 3.8) is 0 Å². The minimum absolute atomic E-state index is 0.168. The van der Waals surface area contributed by atoms with Gasteiger partial charge in [-0.05, 0) is 12.1 Å². The van der Waals surface area contributed by atoms with Crippen LogP contribution < -0.4 is 11.1 Å². The number of nitrogen functional groups attached to an aromatic ring is 1. The summed E-state index contributed by atoms with van der Waals surface area (Å²) in [6.07, 6.45) is -1.18. The smallest absolute Gasteiger partial charge is 0.410 e. The van der Waals surface area contributed by atoms with Gasteiger partial charge in [-0.1, -0.05) is 18.2 Å². The number of amides is 1. The summed E-state index contributed by atoms with van der Waals surface area (Å²) in [5.41, 5.74) is 6.67. The van der Waals surface area contributed by atoms with Crippen LogP contribution in [0.5, 0.6) is 0 Å². The van der Waals surface area contributed by atoms with Gasteiger partial charge >= 0.3 is 6.09 Å². The molecule has 0 aliphatic heterocycles. The standard InChI is InChI=1S/C10H9N3O2/c11-7-5-6-3-1-2-4-8(6)12-9(7)13-10(14)15/h1-5H,11H2,(H,12,13)(H,14,15). The molecule has 1 aromatic heterocycles. The molecule has 2 aromatic rings. The number of aromatic nitrogens is 1. The first-order chi connectivity index (χ1) is 7.16. The van der Waals surface area contributed by atoms with Crippen molar-refractivity contribution in [2.75, 3.05) is 11.1 Å². The van der Waals surface area contributed by atoms with Crippen LogP contribution in [0.15, 0.2) is 30.3 Å². The van der Waals surface area contributed by atoms with E-state index in [0.29, 0.717) is 11.2 Å². The monoisotopic (exact) mass is 203 g/mol. The molecule has 1 heterocycles. The summed E-state index contributed by atoms with van der Waals surface area (Å²) in [5.74, 6) is 0.168. The van der Waals surface area contributed by atoms with Crippen molar-refractivity contribution >= 4 is 28.5 Å². The maximum Gasteiger partial charge on any atom is 0.410 e. The molecule has 0 radical (unpaired) electrons. The lowest BCUT2D eigenvalue weighted by Gasteiger charge is -2.05. The normalized spacial score (nSPS) is 10.1. The molecule has 0 saturated carbocycles. The number of rotatable bonds is 1. The van der Waals surface area contributed by atoms with Crippen molar-refractivity contribution in [3.8, 4) is 0 Å². The molecule has 0 fully saturated rings. The van der Waals surface area contributed by atoms with Crippen molar-refractivity contribution in [3.05, 3.63) is 30.3 Å². The van der Waals surface area contributed by atoms with E-state index >= 15 is 0 Å². The second kappa shape index (κ2) is 3.45. The average molecular weight is 203 g/mol. The van der Waals surface area contributed by atoms with E-state index in [1.165, 1.54) is 0 Å². The summed E-state index contributed by atoms with van der Waals surface area (Å²) in [7, 11) is 0. The third-order valence-electron chi connectivity index (χ3n) is 1.98. The molecule has 2 rings (SSSR count). The zero-order chi connectivity index (χ0) is 10.8.